The molecule has 0 aliphatic carbocycles. The van der Waals surface area contributed by atoms with E-state index in [-0.39, 0.29) is 24.8 Å². The number of fused-ring (bicyclic) bond motifs is 1. The molecule has 1 saturated heterocycles. The van der Waals surface area contributed by atoms with Crippen LogP contribution in [0, 0.1) is 0 Å². The number of hydrogen-bond donors (Lipinski definition) is 1. The van der Waals surface area contributed by atoms with E-state index in [4.69, 9.17) is 11.6 Å². The van der Waals surface area contributed by atoms with Gasteiger partial charge in [-0.2, -0.15) is 0 Å². The van der Waals surface area contributed by atoms with Crippen molar-refractivity contribution in [2.24, 2.45) is 0 Å². The van der Waals surface area contributed by atoms with Crippen LogP contribution in [-0.2, 0) is 16.0 Å². The molecule has 4 rings (SSSR count). The summed E-state index contributed by atoms with van der Waals surface area (Å²) in [5, 5.41) is 4.46. The molecule has 154 valence electrons. The Bertz CT molecular complexity index is 1040. The van der Waals surface area contributed by atoms with Gasteiger partial charge < -0.3 is 15.1 Å². The maximum Gasteiger partial charge on any atom is 0.242 e. The summed E-state index contributed by atoms with van der Waals surface area (Å²) in [7, 11) is 0. The Morgan fingerprint density at radius 3 is 2.47 bits per heavy atom. The molecule has 1 N–H and O–H groups in total. The summed E-state index contributed by atoms with van der Waals surface area (Å²) in [6, 6.07) is 17.3. The zero-order valence-corrected chi connectivity index (χ0v) is 17.3. The van der Waals surface area contributed by atoms with Crippen molar-refractivity contribution in [3.05, 3.63) is 71.4 Å². The first-order valence-electron chi connectivity index (χ1n) is 9.98. The minimum Gasteiger partial charge on any atom is -0.368 e. The van der Waals surface area contributed by atoms with Crippen LogP contribution >= 0.6 is 11.6 Å². The maximum absolute atomic E-state index is 12.5. The van der Waals surface area contributed by atoms with Crippen molar-refractivity contribution in [2.45, 2.75) is 6.42 Å². The second-order valence-electron chi connectivity index (χ2n) is 7.29. The van der Waals surface area contributed by atoms with Gasteiger partial charge in [-0.1, -0.05) is 35.9 Å². The topological polar surface area (TPSA) is 65.5 Å². The van der Waals surface area contributed by atoms with E-state index in [1.165, 1.54) is 0 Å². The number of amides is 2. The molecule has 0 unspecified atom stereocenters. The summed E-state index contributed by atoms with van der Waals surface area (Å²) in [4.78, 5) is 33.3. The molecule has 6 nitrogen and oxygen atoms in total. The fourth-order valence-electron chi connectivity index (χ4n) is 3.70. The van der Waals surface area contributed by atoms with Gasteiger partial charge in [0.15, 0.2) is 0 Å². The van der Waals surface area contributed by atoms with Crippen LogP contribution < -0.4 is 10.2 Å². The summed E-state index contributed by atoms with van der Waals surface area (Å²) in [6.45, 7) is 2.78. The molecule has 0 saturated carbocycles. The number of aromatic nitrogens is 1. The lowest BCUT2D eigenvalue weighted by Crippen LogP contribution is -2.51. The average molecular weight is 423 g/mol. The van der Waals surface area contributed by atoms with Crippen molar-refractivity contribution in [2.75, 3.05) is 37.6 Å². The highest BCUT2D eigenvalue weighted by molar-refractivity contribution is 6.30. The lowest BCUT2D eigenvalue weighted by Gasteiger charge is -2.36. The third-order valence-corrected chi connectivity index (χ3v) is 5.58. The molecule has 2 amide bonds. The van der Waals surface area contributed by atoms with E-state index in [0.29, 0.717) is 18.1 Å². The number of pyridine rings is 1. The molecule has 1 fully saturated rings. The van der Waals surface area contributed by atoms with Crippen LogP contribution in [0.5, 0.6) is 0 Å². The average Bonchev–Trinajstić information content (AvgIpc) is 2.78. The fraction of sp³-hybridized carbons (Fsp3) is 0.261. The summed E-state index contributed by atoms with van der Waals surface area (Å²) in [5.41, 5.74) is 2.78. The number of nitrogens with one attached hydrogen (secondary N) is 1. The second kappa shape index (κ2) is 9.13. The number of anilines is 1. The number of nitrogens with zero attached hydrogens (tertiary/aromatic N) is 3. The predicted octanol–water partition coefficient (Wildman–Crippen LogP) is 2.90. The Hall–Kier alpha value is -3.12. The molecule has 1 aliphatic heterocycles. The highest BCUT2D eigenvalue weighted by atomic mass is 35.5. The van der Waals surface area contributed by atoms with Gasteiger partial charge in [-0.15, -0.1) is 0 Å². The Balaban J connectivity index is 1.26. The quantitative estimate of drug-likeness (QED) is 0.686. The molecule has 0 spiro atoms. The molecule has 1 aromatic heterocycles. The van der Waals surface area contributed by atoms with E-state index in [1.807, 2.05) is 54.6 Å². The van der Waals surface area contributed by atoms with Gasteiger partial charge in [-0.25, -0.2) is 0 Å². The van der Waals surface area contributed by atoms with E-state index in [1.54, 1.807) is 11.1 Å². The molecule has 7 heteroatoms. The van der Waals surface area contributed by atoms with Crippen molar-refractivity contribution < 1.29 is 9.59 Å². The number of halogens is 1. The van der Waals surface area contributed by atoms with Crippen molar-refractivity contribution >= 4 is 40.0 Å². The Labute approximate surface area is 180 Å². The summed E-state index contributed by atoms with van der Waals surface area (Å²) in [5.74, 6) is -0.239. The molecule has 30 heavy (non-hydrogen) atoms. The van der Waals surface area contributed by atoms with Gasteiger partial charge in [0.25, 0.3) is 0 Å². The molecule has 2 aromatic carbocycles. The number of hydrogen-bond acceptors (Lipinski definition) is 4. The van der Waals surface area contributed by atoms with Crippen LogP contribution in [0.25, 0.3) is 10.9 Å². The smallest absolute Gasteiger partial charge is 0.242 e. The van der Waals surface area contributed by atoms with Crippen LogP contribution in [0.3, 0.4) is 0 Å². The lowest BCUT2D eigenvalue weighted by atomic mass is 10.1. The number of rotatable bonds is 5. The molecular formula is C23H23ClN4O2. The minimum absolute atomic E-state index is 0.0119. The zero-order valence-electron chi connectivity index (χ0n) is 16.6. The Morgan fingerprint density at radius 2 is 1.70 bits per heavy atom. The third kappa shape index (κ3) is 4.71. The molecule has 3 aromatic rings. The van der Waals surface area contributed by atoms with Crippen LogP contribution in [0.2, 0.25) is 5.02 Å². The zero-order chi connectivity index (χ0) is 20.9. The molecule has 1 aliphatic rings. The van der Waals surface area contributed by atoms with Crippen LogP contribution in [0.1, 0.15) is 5.56 Å². The molecule has 0 atom stereocenters. The van der Waals surface area contributed by atoms with Crippen molar-refractivity contribution in [1.82, 2.24) is 15.2 Å². The summed E-state index contributed by atoms with van der Waals surface area (Å²) >= 11 is 5.95. The monoisotopic (exact) mass is 422 g/mol. The highest BCUT2D eigenvalue weighted by Crippen LogP contribution is 2.19. The second-order valence-corrected chi connectivity index (χ2v) is 7.73. The normalized spacial score (nSPS) is 14.0. The van der Waals surface area contributed by atoms with Crippen LogP contribution in [0.4, 0.5) is 5.69 Å². The van der Waals surface area contributed by atoms with E-state index < -0.39 is 0 Å². The number of para-hydroxylation sites is 1. The van der Waals surface area contributed by atoms with E-state index in [0.717, 1.165) is 35.2 Å². The van der Waals surface area contributed by atoms with Gasteiger partial charge in [-0.3, -0.25) is 14.6 Å². The lowest BCUT2D eigenvalue weighted by molar-refractivity contribution is -0.133. The largest absolute Gasteiger partial charge is 0.368 e. The van der Waals surface area contributed by atoms with Crippen LogP contribution in [-0.4, -0.2) is 54.4 Å². The molecule has 0 radical (unpaired) electrons. The van der Waals surface area contributed by atoms with Gasteiger partial charge in [0.1, 0.15) is 0 Å². The van der Waals surface area contributed by atoms with Crippen molar-refractivity contribution in [3.8, 4) is 0 Å². The summed E-state index contributed by atoms with van der Waals surface area (Å²) in [6.07, 6.45) is 1.92. The standard InChI is InChI=1S/C23H23ClN4O2/c24-19-6-8-20(9-7-19)27-11-13-28(14-12-27)22(30)16-26-21(29)15-18-4-1-3-17-5-2-10-25-23(17)18/h1-10H,11-16H2,(H,26,29). The summed E-state index contributed by atoms with van der Waals surface area (Å²) < 4.78 is 0. The first-order valence-corrected chi connectivity index (χ1v) is 10.4. The molecule has 2 heterocycles. The number of benzene rings is 2. The van der Waals surface area contributed by atoms with Crippen LogP contribution in [0.15, 0.2) is 60.8 Å². The predicted molar refractivity (Wildman–Crippen MR) is 119 cm³/mol. The molecular weight excluding hydrogens is 400 g/mol. The van der Waals surface area contributed by atoms with Crippen molar-refractivity contribution in [1.29, 1.82) is 0 Å². The van der Waals surface area contributed by atoms with Gasteiger partial charge >= 0.3 is 0 Å². The number of carbonyl (C=O) groups is 2. The first kappa shape index (κ1) is 20.2. The number of carbonyl (C=O) groups excluding carboxylic acids is 2. The van der Waals surface area contributed by atoms with Gasteiger partial charge in [-0.05, 0) is 35.9 Å². The SMILES string of the molecule is O=C(Cc1cccc2cccnc12)NCC(=O)N1CCN(c2ccc(Cl)cc2)CC1. The van der Waals surface area contributed by atoms with Gasteiger partial charge in [0, 0.05) is 48.5 Å². The van der Waals surface area contributed by atoms with E-state index >= 15 is 0 Å². The number of piperazine rings is 1. The van der Waals surface area contributed by atoms with Gasteiger partial charge in [0.2, 0.25) is 11.8 Å². The Morgan fingerprint density at radius 1 is 0.967 bits per heavy atom. The molecule has 0 bridgehead atoms. The third-order valence-electron chi connectivity index (χ3n) is 5.33. The maximum atomic E-state index is 12.5. The Kier molecular flexibility index (Phi) is 6.14. The van der Waals surface area contributed by atoms with E-state index in [2.05, 4.69) is 15.2 Å². The minimum atomic E-state index is -0.179. The van der Waals surface area contributed by atoms with E-state index in [9.17, 15) is 9.59 Å². The first-order chi connectivity index (χ1) is 14.6. The van der Waals surface area contributed by atoms with Crippen molar-refractivity contribution in [3.63, 3.8) is 0 Å². The highest BCUT2D eigenvalue weighted by Gasteiger charge is 2.21. The van der Waals surface area contributed by atoms with Gasteiger partial charge in [0.05, 0.1) is 18.5 Å². The fourth-order valence-corrected chi connectivity index (χ4v) is 3.82.